The Labute approximate surface area is 135 Å². The molecule has 0 saturated heterocycles. The molecule has 6 heteroatoms. The van der Waals surface area contributed by atoms with Crippen LogP contribution < -0.4 is 5.32 Å². The number of ether oxygens (including phenoxy) is 1. The Kier molecular flexibility index (Phi) is 6.39. The molecule has 118 valence electrons. The molecular formula is C15H24N2O2S2. The number of H-pyrrole nitrogens is 1. The van der Waals surface area contributed by atoms with Crippen molar-refractivity contribution in [1.82, 2.24) is 10.3 Å². The first-order valence-corrected chi connectivity index (χ1v) is 8.85. The molecule has 0 spiro atoms. The monoisotopic (exact) mass is 328 g/mol. The molecule has 0 aromatic carbocycles. The molecule has 1 fully saturated rings. The van der Waals surface area contributed by atoms with E-state index in [4.69, 9.17) is 17.0 Å². The van der Waals surface area contributed by atoms with Gasteiger partial charge in [-0.25, -0.2) is 0 Å². The molecule has 1 aliphatic rings. The molecule has 2 rings (SSSR count). The van der Waals surface area contributed by atoms with Crippen LogP contribution >= 0.6 is 23.6 Å². The quantitative estimate of drug-likeness (QED) is 0.622. The van der Waals surface area contributed by atoms with Gasteiger partial charge in [-0.2, -0.15) is 0 Å². The third-order valence-corrected chi connectivity index (χ3v) is 5.37. The molecule has 2 N–H and O–H groups in total. The van der Waals surface area contributed by atoms with Crippen LogP contribution in [-0.4, -0.2) is 30.1 Å². The Hall–Kier alpha value is -0.720. The van der Waals surface area contributed by atoms with Crippen molar-refractivity contribution in [2.24, 2.45) is 5.92 Å². The van der Waals surface area contributed by atoms with Crippen molar-refractivity contribution in [1.29, 1.82) is 0 Å². The number of thiazole rings is 1. The van der Waals surface area contributed by atoms with Gasteiger partial charge in [0.25, 0.3) is 0 Å². The lowest BCUT2D eigenvalue weighted by Crippen LogP contribution is -2.32. The number of rotatable bonds is 6. The van der Waals surface area contributed by atoms with E-state index >= 15 is 0 Å². The molecule has 4 nitrogen and oxygen atoms in total. The van der Waals surface area contributed by atoms with E-state index in [1.54, 1.807) is 0 Å². The van der Waals surface area contributed by atoms with Crippen molar-refractivity contribution in [3.63, 3.8) is 0 Å². The number of amides is 1. The highest BCUT2D eigenvalue weighted by Gasteiger charge is 2.21. The highest BCUT2D eigenvalue weighted by Crippen LogP contribution is 2.25. The van der Waals surface area contributed by atoms with Crippen molar-refractivity contribution in [2.45, 2.75) is 52.1 Å². The lowest BCUT2D eigenvalue weighted by atomic mass is 9.88. The molecule has 1 saturated carbocycles. The van der Waals surface area contributed by atoms with Crippen LogP contribution in [0.3, 0.4) is 0 Å². The van der Waals surface area contributed by atoms with Gasteiger partial charge in [0, 0.05) is 17.1 Å². The lowest BCUT2D eigenvalue weighted by Gasteiger charge is -2.28. The summed E-state index contributed by atoms with van der Waals surface area (Å²) in [4.78, 5) is 16.0. The molecule has 0 radical (unpaired) electrons. The van der Waals surface area contributed by atoms with E-state index < -0.39 is 0 Å². The van der Waals surface area contributed by atoms with Crippen LogP contribution in [0.4, 0.5) is 0 Å². The van der Waals surface area contributed by atoms with E-state index in [0.29, 0.717) is 31.6 Å². The van der Waals surface area contributed by atoms with Crippen LogP contribution in [0, 0.1) is 16.8 Å². The van der Waals surface area contributed by atoms with Crippen LogP contribution in [0.15, 0.2) is 0 Å². The highest BCUT2D eigenvalue weighted by molar-refractivity contribution is 7.73. The fraction of sp³-hybridized carbons (Fsp3) is 0.733. The molecule has 0 aliphatic heterocycles. The number of carbonyl (C=O) groups excluding carboxylic acids is 1. The molecule has 1 aromatic heterocycles. The van der Waals surface area contributed by atoms with Crippen LogP contribution in [0.5, 0.6) is 0 Å². The van der Waals surface area contributed by atoms with E-state index in [-0.39, 0.29) is 5.91 Å². The Morgan fingerprint density at radius 3 is 2.90 bits per heavy atom. The van der Waals surface area contributed by atoms with Crippen molar-refractivity contribution >= 4 is 29.5 Å². The SMILES string of the molecule is Cc1[nH]c(=S)sc1CC(=O)NCCO[C@@H]1CCCC[C@@H]1C. The number of hydrogen-bond acceptors (Lipinski definition) is 4. The summed E-state index contributed by atoms with van der Waals surface area (Å²) in [7, 11) is 0. The average molecular weight is 329 g/mol. The van der Waals surface area contributed by atoms with Crippen LogP contribution in [-0.2, 0) is 16.0 Å². The summed E-state index contributed by atoms with van der Waals surface area (Å²) in [5.74, 6) is 0.674. The van der Waals surface area contributed by atoms with Gasteiger partial charge in [0.15, 0.2) is 3.95 Å². The summed E-state index contributed by atoms with van der Waals surface area (Å²) < 4.78 is 6.62. The number of aryl methyl sites for hydroxylation is 1. The molecule has 1 amide bonds. The minimum atomic E-state index is 0.0312. The topological polar surface area (TPSA) is 54.1 Å². The molecular weight excluding hydrogens is 304 g/mol. The van der Waals surface area contributed by atoms with Gasteiger partial charge in [0.2, 0.25) is 5.91 Å². The Balaban J connectivity index is 1.65. The average Bonchev–Trinajstić information content (AvgIpc) is 2.75. The third-order valence-electron chi connectivity index (χ3n) is 4.03. The fourth-order valence-corrected chi connectivity index (χ4v) is 4.03. The second kappa shape index (κ2) is 8.06. The standard InChI is InChI=1S/C15H24N2O2S2/c1-10-5-3-4-6-12(10)19-8-7-16-14(18)9-13-11(2)17-15(20)21-13/h10,12H,3-9H2,1-2H3,(H,16,18)(H,17,20)/t10-,12+/m0/s1. The molecule has 2 atom stereocenters. The Bertz CT molecular complexity index is 524. The molecule has 0 bridgehead atoms. The Morgan fingerprint density at radius 2 is 2.24 bits per heavy atom. The van der Waals surface area contributed by atoms with Gasteiger partial charge in [0.05, 0.1) is 19.1 Å². The number of aromatic amines is 1. The normalized spacial score (nSPS) is 22.2. The Morgan fingerprint density at radius 1 is 1.48 bits per heavy atom. The number of aromatic nitrogens is 1. The van der Waals surface area contributed by atoms with Crippen molar-refractivity contribution in [2.75, 3.05) is 13.2 Å². The van der Waals surface area contributed by atoms with Crippen molar-refractivity contribution < 1.29 is 9.53 Å². The van der Waals surface area contributed by atoms with E-state index in [9.17, 15) is 4.79 Å². The maximum absolute atomic E-state index is 11.9. The van der Waals surface area contributed by atoms with Gasteiger partial charge in [-0.1, -0.05) is 19.8 Å². The van der Waals surface area contributed by atoms with Crippen LogP contribution in [0.2, 0.25) is 0 Å². The zero-order valence-corrected chi connectivity index (χ0v) is 14.4. The number of carbonyl (C=O) groups is 1. The van der Waals surface area contributed by atoms with Crippen molar-refractivity contribution in [3.8, 4) is 0 Å². The van der Waals surface area contributed by atoms with E-state index in [1.807, 2.05) is 6.92 Å². The van der Waals surface area contributed by atoms with Gasteiger partial charge in [-0.15, -0.1) is 11.3 Å². The smallest absolute Gasteiger partial charge is 0.225 e. The summed E-state index contributed by atoms with van der Waals surface area (Å²) in [6.07, 6.45) is 5.75. The van der Waals surface area contributed by atoms with Crippen molar-refractivity contribution in [3.05, 3.63) is 14.5 Å². The summed E-state index contributed by atoms with van der Waals surface area (Å²) in [5, 5.41) is 2.92. The fourth-order valence-electron chi connectivity index (χ4n) is 2.74. The zero-order valence-electron chi connectivity index (χ0n) is 12.7. The third kappa shape index (κ3) is 5.20. The summed E-state index contributed by atoms with van der Waals surface area (Å²) in [6.45, 7) is 5.38. The predicted molar refractivity (Wildman–Crippen MR) is 88.3 cm³/mol. The second-order valence-electron chi connectivity index (χ2n) is 5.76. The molecule has 1 aromatic rings. The first kappa shape index (κ1) is 16.6. The summed E-state index contributed by atoms with van der Waals surface area (Å²) >= 11 is 6.55. The van der Waals surface area contributed by atoms with E-state index in [1.165, 1.54) is 30.6 Å². The maximum atomic E-state index is 11.9. The zero-order chi connectivity index (χ0) is 15.2. The minimum absolute atomic E-state index is 0.0312. The van der Waals surface area contributed by atoms with Gasteiger partial charge in [-0.3, -0.25) is 4.79 Å². The van der Waals surface area contributed by atoms with Gasteiger partial charge in [-0.05, 0) is 37.9 Å². The molecule has 21 heavy (non-hydrogen) atoms. The second-order valence-corrected chi connectivity index (χ2v) is 7.53. The van der Waals surface area contributed by atoms with Gasteiger partial charge >= 0.3 is 0 Å². The summed E-state index contributed by atoms with van der Waals surface area (Å²) in [6, 6.07) is 0. The highest BCUT2D eigenvalue weighted by atomic mass is 32.1. The molecule has 1 heterocycles. The largest absolute Gasteiger partial charge is 0.376 e. The number of hydrogen-bond donors (Lipinski definition) is 2. The lowest BCUT2D eigenvalue weighted by molar-refractivity contribution is -0.120. The minimum Gasteiger partial charge on any atom is -0.376 e. The first-order chi connectivity index (χ1) is 10.1. The molecule has 1 aliphatic carbocycles. The van der Waals surface area contributed by atoms with Crippen LogP contribution in [0.1, 0.15) is 43.2 Å². The predicted octanol–water partition coefficient (Wildman–Crippen LogP) is 3.37. The van der Waals surface area contributed by atoms with Gasteiger partial charge in [0.1, 0.15) is 0 Å². The summed E-state index contributed by atoms with van der Waals surface area (Å²) in [5.41, 5.74) is 0.993. The maximum Gasteiger partial charge on any atom is 0.225 e. The van der Waals surface area contributed by atoms with Crippen LogP contribution in [0.25, 0.3) is 0 Å². The first-order valence-electron chi connectivity index (χ1n) is 7.63. The molecule has 0 unspecified atom stereocenters. The van der Waals surface area contributed by atoms with E-state index in [2.05, 4.69) is 17.2 Å². The van der Waals surface area contributed by atoms with E-state index in [0.717, 1.165) is 20.9 Å². The number of nitrogens with one attached hydrogen (secondary N) is 2. The van der Waals surface area contributed by atoms with Gasteiger partial charge < -0.3 is 15.0 Å².